The Bertz CT molecular complexity index is 608. The minimum atomic E-state index is -0.298. The highest BCUT2D eigenvalue weighted by molar-refractivity contribution is 5.49. The van der Waals surface area contributed by atoms with Gasteiger partial charge in [0.1, 0.15) is 23.1 Å². The largest absolute Gasteiger partial charge is 0.497 e. The molecule has 0 saturated heterocycles. The number of nitrogens with one attached hydrogen (secondary N) is 1. The Morgan fingerprint density at radius 1 is 1.35 bits per heavy atom. The molecule has 0 bridgehead atoms. The predicted octanol–water partition coefficient (Wildman–Crippen LogP) is 4.16. The van der Waals surface area contributed by atoms with Gasteiger partial charge in [0.05, 0.1) is 19.3 Å². The molecule has 0 amide bonds. The third-order valence-corrected chi connectivity index (χ3v) is 3.78. The molecule has 2 unspecified atom stereocenters. The fourth-order valence-corrected chi connectivity index (χ4v) is 2.36. The summed E-state index contributed by atoms with van der Waals surface area (Å²) in [6.45, 7) is 2.68. The third-order valence-electron chi connectivity index (χ3n) is 3.78. The van der Waals surface area contributed by atoms with Gasteiger partial charge in [-0.25, -0.2) is 4.39 Å². The maximum absolute atomic E-state index is 13.7. The maximum atomic E-state index is 13.7. The molecule has 1 heterocycles. The molecular formula is C16H18FNO2. The van der Waals surface area contributed by atoms with Gasteiger partial charge in [0.2, 0.25) is 0 Å². The summed E-state index contributed by atoms with van der Waals surface area (Å²) in [4.78, 5) is 0. The number of methoxy groups -OCH3 is 1. The zero-order valence-electron chi connectivity index (χ0n) is 11.7. The summed E-state index contributed by atoms with van der Waals surface area (Å²) in [5.74, 6) is 3.48. The predicted molar refractivity (Wildman–Crippen MR) is 75.5 cm³/mol. The van der Waals surface area contributed by atoms with E-state index in [0.29, 0.717) is 23.9 Å². The van der Waals surface area contributed by atoms with Gasteiger partial charge >= 0.3 is 0 Å². The van der Waals surface area contributed by atoms with Crippen molar-refractivity contribution >= 4 is 5.69 Å². The maximum Gasteiger partial charge on any atom is 0.146 e. The molecular weight excluding hydrogens is 257 g/mol. The van der Waals surface area contributed by atoms with E-state index < -0.39 is 0 Å². The summed E-state index contributed by atoms with van der Waals surface area (Å²) >= 11 is 0. The van der Waals surface area contributed by atoms with E-state index in [-0.39, 0.29) is 5.82 Å². The van der Waals surface area contributed by atoms with Crippen LogP contribution >= 0.6 is 0 Å². The van der Waals surface area contributed by atoms with E-state index in [2.05, 4.69) is 12.2 Å². The molecule has 3 rings (SSSR count). The Morgan fingerprint density at radius 3 is 2.85 bits per heavy atom. The number of rotatable bonds is 5. The molecule has 2 aromatic rings. The third kappa shape index (κ3) is 2.64. The van der Waals surface area contributed by atoms with E-state index in [1.165, 1.54) is 12.5 Å². The van der Waals surface area contributed by atoms with Crippen molar-refractivity contribution in [3.05, 3.63) is 47.7 Å². The van der Waals surface area contributed by atoms with Gasteiger partial charge in [0, 0.05) is 12.0 Å². The van der Waals surface area contributed by atoms with E-state index in [4.69, 9.17) is 9.15 Å². The summed E-state index contributed by atoms with van der Waals surface area (Å²) in [6, 6.07) is 8.60. The van der Waals surface area contributed by atoms with Crippen molar-refractivity contribution < 1.29 is 13.5 Å². The molecule has 1 fully saturated rings. The monoisotopic (exact) mass is 275 g/mol. The van der Waals surface area contributed by atoms with Crippen LogP contribution in [0.2, 0.25) is 0 Å². The molecule has 4 heteroatoms. The van der Waals surface area contributed by atoms with Crippen LogP contribution in [0.3, 0.4) is 0 Å². The molecule has 0 radical (unpaired) electrons. The first-order valence-corrected chi connectivity index (χ1v) is 6.83. The Morgan fingerprint density at radius 2 is 2.15 bits per heavy atom. The van der Waals surface area contributed by atoms with Gasteiger partial charge in [-0.2, -0.15) is 0 Å². The van der Waals surface area contributed by atoms with E-state index in [0.717, 1.165) is 17.4 Å². The van der Waals surface area contributed by atoms with Gasteiger partial charge in [-0.05, 0) is 36.6 Å². The molecule has 1 aliphatic rings. The molecule has 3 nitrogen and oxygen atoms in total. The number of halogens is 1. The Kier molecular flexibility index (Phi) is 3.38. The molecule has 20 heavy (non-hydrogen) atoms. The molecule has 106 valence electrons. The zero-order chi connectivity index (χ0) is 14.1. The van der Waals surface area contributed by atoms with Gasteiger partial charge in [-0.3, -0.25) is 0 Å². The van der Waals surface area contributed by atoms with Crippen LogP contribution in [0, 0.1) is 11.7 Å². The Labute approximate surface area is 117 Å². The zero-order valence-corrected chi connectivity index (χ0v) is 11.7. The van der Waals surface area contributed by atoms with Crippen LogP contribution in [0.25, 0.3) is 0 Å². The average molecular weight is 275 g/mol. The number of hydrogen-bond acceptors (Lipinski definition) is 3. The minimum Gasteiger partial charge on any atom is -0.497 e. The summed E-state index contributed by atoms with van der Waals surface area (Å²) in [6.07, 6.45) is 1.20. The van der Waals surface area contributed by atoms with Gasteiger partial charge in [0.25, 0.3) is 0 Å². The van der Waals surface area contributed by atoms with Crippen LogP contribution in [-0.4, -0.2) is 7.11 Å². The first-order valence-electron chi connectivity index (χ1n) is 6.83. The van der Waals surface area contributed by atoms with E-state index in [9.17, 15) is 4.39 Å². The fourth-order valence-electron chi connectivity index (χ4n) is 2.36. The van der Waals surface area contributed by atoms with Gasteiger partial charge in [-0.15, -0.1) is 0 Å². The van der Waals surface area contributed by atoms with Crippen LogP contribution in [-0.2, 0) is 6.54 Å². The van der Waals surface area contributed by atoms with Crippen LogP contribution in [0.15, 0.2) is 34.7 Å². The highest BCUT2D eigenvalue weighted by Gasteiger charge is 2.36. The second-order valence-corrected chi connectivity index (χ2v) is 5.32. The molecule has 1 saturated carbocycles. The number of anilines is 1. The van der Waals surface area contributed by atoms with Crippen LogP contribution in [0.1, 0.15) is 30.8 Å². The molecule has 1 aliphatic carbocycles. The summed E-state index contributed by atoms with van der Waals surface area (Å²) < 4.78 is 24.5. The van der Waals surface area contributed by atoms with Crippen LogP contribution < -0.4 is 10.1 Å². The average Bonchev–Trinajstić information content (AvgIpc) is 3.00. The SMILES string of the molecule is COc1ccc(F)c(NCc2ccc(C3CC3C)o2)c1. The lowest BCUT2D eigenvalue weighted by molar-refractivity contribution is 0.414. The lowest BCUT2D eigenvalue weighted by Gasteiger charge is -2.08. The molecule has 2 atom stereocenters. The van der Waals surface area contributed by atoms with Crippen LogP contribution in [0.5, 0.6) is 5.75 Å². The van der Waals surface area contributed by atoms with Gasteiger partial charge < -0.3 is 14.5 Å². The highest BCUT2D eigenvalue weighted by atomic mass is 19.1. The van der Waals surface area contributed by atoms with Crippen molar-refractivity contribution in [1.29, 1.82) is 0 Å². The first-order chi connectivity index (χ1) is 9.67. The lowest BCUT2D eigenvalue weighted by Crippen LogP contribution is -2.01. The van der Waals surface area contributed by atoms with Crippen LogP contribution in [0.4, 0.5) is 10.1 Å². The fraction of sp³-hybridized carbons (Fsp3) is 0.375. The lowest BCUT2D eigenvalue weighted by atomic mass is 10.2. The van der Waals surface area contributed by atoms with Gasteiger partial charge in [-0.1, -0.05) is 6.92 Å². The smallest absolute Gasteiger partial charge is 0.146 e. The second-order valence-electron chi connectivity index (χ2n) is 5.32. The molecule has 0 spiro atoms. The quantitative estimate of drug-likeness (QED) is 0.889. The molecule has 1 N–H and O–H groups in total. The van der Waals surface area contributed by atoms with Crippen molar-refractivity contribution in [2.24, 2.45) is 5.92 Å². The molecule has 0 aliphatic heterocycles. The van der Waals surface area contributed by atoms with E-state index >= 15 is 0 Å². The normalized spacial score (nSPS) is 20.8. The topological polar surface area (TPSA) is 34.4 Å². The molecule has 1 aromatic heterocycles. The van der Waals surface area contributed by atoms with Crippen molar-refractivity contribution in [2.45, 2.75) is 25.8 Å². The van der Waals surface area contributed by atoms with E-state index in [1.807, 2.05) is 12.1 Å². The van der Waals surface area contributed by atoms with Crippen molar-refractivity contribution in [1.82, 2.24) is 0 Å². The highest BCUT2D eigenvalue weighted by Crippen LogP contribution is 2.47. The minimum absolute atomic E-state index is 0.298. The van der Waals surface area contributed by atoms with E-state index in [1.54, 1.807) is 19.2 Å². The Balaban J connectivity index is 1.65. The number of ether oxygens (including phenoxy) is 1. The standard InChI is InChI=1S/C16H18FNO2/c1-10-7-13(10)16-6-4-12(20-16)9-18-15-8-11(19-2)3-5-14(15)17/h3-6,8,10,13,18H,7,9H2,1-2H3. The van der Waals surface area contributed by atoms with Gasteiger partial charge in [0.15, 0.2) is 0 Å². The second kappa shape index (κ2) is 5.19. The number of furan rings is 1. The van der Waals surface area contributed by atoms with Crippen molar-refractivity contribution in [3.8, 4) is 5.75 Å². The van der Waals surface area contributed by atoms with Crippen molar-refractivity contribution in [2.75, 3.05) is 12.4 Å². The Hall–Kier alpha value is -1.97. The summed E-state index contributed by atoms with van der Waals surface area (Å²) in [5, 5.41) is 3.04. The van der Waals surface area contributed by atoms with Crippen molar-refractivity contribution in [3.63, 3.8) is 0 Å². The first kappa shape index (κ1) is 13.0. The summed E-state index contributed by atoms with van der Waals surface area (Å²) in [5.41, 5.74) is 0.419. The summed E-state index contributed by atoms with van der Waals surface area (Å²) in [7, 11) is 1.56. The molecule has 1 aromatic carbocycles. The number of benzene rings is 1. The number of hydrogen-bond donors (Lipinski definition) is 1.